The van der Waals surface area contributed by atoms with Gasteiger partial charge in [-0.05, 0) is 18.2 Å². The van der Waals surface area contributed by atoms with E-state index < -0.39 is 21.9 Å². The van der Waals surface area contributed by atoms with Crippen LogP contribution in [0.1, 0.15) is 11.6 Å². The van der Waals surface area contributed by atoms with Crippen LogP contribution < -0.4 is 10.1 Å². The van der Waals surface area contributed by atoms with Crippen molar-refractivity contribution in [3.8, 4) is 5.75 Å². The Morgan fingerprint density at radius 1 is 1.17 bits per heavy atom. The third-order valence-electron chi connectivity index (χ3n) is 4.12. The lowest BCUT2D eigenvalue weighted by Crippen LogP contribution is -2.48. The molecule has 1 aliphatic rings. The summed E-state index contributed by atoms with van der Waals surface area (Å²) in [7, 11) is -2.41. The quantitative estimate of drug-likeness (QED) is 0.918. The van der Waals surface area contributed by atoms with E-state index in [1.807, 2.05) is 18.2 Å². The molecule has 1 saturated heterocycles. The van der Waals surface area contributed by atoms with Crippen molar-refractivity contribution >= 4 is 10.0 Å². The number of halogens is 1. The van der Waals surface area contributed by atoms with Gasteiger partial charge in [-0.1, -0.05) is 30.3 Å². The Morgan fingerprint density at radius 3 is 2.62 bits per heavy atom. The number of piperazine rings is 1. The molecule has 1 unspecified atom stereocenters. The SMILES string of the molecule is COc1ccccc1C1CNCCN1S(=O)(=O)c1ccccc1F. The molecule has 0 bridgehead atoms. The monoisotopic (exact) mass is 350 g/mol. The minimum absolute atomic E-state index is 0.263. The average Bonchev–Trinajstić information content (AvgIpc) is 2.62. The molecule has 2 aromatic rings. The molecule has 0 amide bonds. The first-order valence-electron chi connectivity index (χ1n) is 7.65. The van der Waals surface area contributed by atoms with E-state index in [-0.39, 0.29) is 11.4 Å². The molecule has 0 saturated carbocycles. The summed E-state index contributed by atoms with van der Waals surface area (Å²) in [5.41, 5.74) is 0.757. The number of nitrogens with zero attached hydrogens (tertiary/aromatic N) is 1. The van der Waals surface area contributed by atoms with E-state index in [0.717, 1.165) is 11.6 Å². The molecule has 128 valence electrons. The summed E-state index contributed by atoms with van der Waals surface area (Å²) in [5.74, 6) is -0.130. The van der Waals surface area contributed by atoms with Crippen LogP contribution in [-0.4, -0.2) is 39.5 Å². The highest BCUT2D eigenvalue weighted by Gasteiger charge is 2.36. The van der Waals surface area contributed by atoms with Crippen LogP contribution in [0.2, 0.25) is 0 Å². The number of ether oxygens (including phenoxy) is 1. The number of hydrogen-bond acceptors (Lipinski definition) is 4. The molecule has 1 atom stereocenters. The second-order valence-corrected chi connectivity index (χ2v) is 7.37. The Hall–Kier alpha value is -1.96. The number of para-hydroxylation sites is 1. The summed E-state index contributed by atoms with van der Waals surface area (Å²) in [6.45, 7) is 1.22. The van der Waals surface area contributed by atoms with Gasteiger partial charge < -0.3 is 10.1 Å². The second-order valence-electron chi connectivity index (χ2n) is 5.51. The van der Waals surface area contributed by atoms with Gasteiger partial charge in [0.15, 0.2) is 0 Å². The van der Waals surface area contributed by atoms with Gasteiger partial charge in [0.25, 0.3) is 0 Å². The Morgan fingerprint density at radius 2 is 1.88 bits per heavy atom. The van der Waals surface area contributed by atoms with Crippen molar-refractivity contribution in [1.29, 1.82) is 0 Å². The molecule has 0 aliphatic carbocycles. The normalized spacial score (nSPS) is 19.2. The summed E-state index contributed by atoms with van der Waals surface area (Å²) in [5, 5.41) is 3.20. The second kappa shape index (κ2) is 6.88. The number of hydrogen-bond donors (Lipinski definition) is 1. The molecule has 1 heterocycles. The van der Waals surface area contributed by atoms with Gasteiger partial charge in [0.1, 0.15) is 16.5 Å². The van der Waals surface area contributed by atoms with Crippen LogP contribution in [0, 0.1) is 5.82 Å². The van der Waals surface area contributed by atoms with E-state index in [9.17, 15) is 12.8 Å². The Balaban J connectivity index is 2.06. The van der Waals surface area contributed by atoms with Gasteiger partial charge in [-0.25, -0.2) is 12.8 Å². The zero-order valence-electron chi connectivity index (χ0n) is 13.3. The van der Waals surface area contributed by atoms with Crippen molar-refractivity contribution < 1.29 is 17.5 Å². The third-order valence-corrected chi connectivity index (χ3v) is 6.06. The number of sulfonamides is 1. The van der Waals surface area contributed by atoms with E-state index in [2.05, 4.69) is 5.32 Å². The maximum atomic E-state index is 14.1. The van der Waals surface area contributed by atoms with Gasteiger partial charge in [-0.2, -0.15) is 4.31 Å². The maximum Gasteiger partial charge on any atom is 0.246 e. The van der Waals surface area contributed by atoms with Crippen LogP contribution >= 0.6 is 0 Å². The fourth-order valence-corrected chi connectivity index (χ4v) is 4.63. The fourth-order valence-electron chi connectivity index (χ4n) is 2.96. The van der Waals surface area contributed by atoms with E-state index in [4.69, 9.17) is 4.74 Å². The minimum Gasteiger partial charge on any atom is -0.496 e. The smallest absolute Gasteiger partial charge is 0.246 e. The molecule has 2 aromatic carbocycles. The molecule has 0 radical (unpaired) electrons. The largest absolute Gasteiger partial charge is 0.496 e. The lowest BCUT2D eigenvalue weighted by atomic mass is 10.0. The maximum absolute atomic E-state index is 14.1. The van der Waals surface area contributed by atoms with Crippen molar-refractivity contribution in [2.45, 2.75) is 10.9 Å². The molecular formula is C17H19FN2O3S. The van der Waals surface area contributed by atoms with E-state index >= 15 is 0 Å². The molecule has 7 heteroatoms. The molecular weight excluding hydrogens is 331 g/mol. The topological polar surface area (TPSA) is 58.6 Å². The molecule has 0 spiro atoms. The molecule has 24 heavy (non-hydrogen) atoms. The first kappa shape index (κ1) is 16.9. The standard InChI is InChI=1S/C17H19FN2O3S/c1-23-16-8-4-2-6-13(16)15-12-19-10-11-20(15)24(21,22)17-9-5-3-7-14(17)18/h2-9,15,19H,10-12H2,1H3. The number of methoxy groups -OCH3 is 1. The highest BCUT2D eigenvalue weighted by atomic mass is 32.2. The minimum atomic E-state index is -3.95. The summed E-state index contributed by atoms with van der Waals surface area (Å²) in [4.78, 5) is -0.299. The van der Waals surface area contributed by atoms with Gasteiger partial charge in [-0.3, -0.25) is 0 Å². The predicted molar refractivity (Wildman–Crippen MR) is 88.9 cm³/mol. The van der Waals surface area contributed by atoms with E-state index in [0.29, 0.717) is 18.8 Å². The van der Waals surface area contributed by atoms with Gasteiger partial charge in [0, 0.05) is 25.2 Å². The zero-order valence-corrected chi connectivity index (χ0v) is 14.1. The molecule has 1 aliphatic heterocycles. The summed E-state index contributed by atoms with van der Waals surface area (Å²) < 4.78 is 46.8. The van der Waals surface area contributed by atoms with Gasteiger partial charge >= 0.3 is 0 Å². The van der Waals surface area contributed by atoms with Crippen molar-refractivity contribution in [2.24, 2.45) is 0 Å². The Bertz CT molecular complexity index is 826. The predicted octanol–water partition coefficient (Wildman–Crippen LogP) is 2.17. The first-order valence-corrected chi connectivity index (χ1v) is 9.09. The van der Waals surface area contributed by atoms with Crippen LogP contribution in [0.15, 0.2) is 53.4 Å². The Kier molecular flexibility index (Phi) is 4.84. The molecule has 3 rings (SSSR count). The third kappa shape index (κ3) is 3.02. The van der Waals surface area contributed by atoms with Gasteiger partial charge in [0.2, 0.25) is 10.0 Å². The molecule has 1 N–H and O–H groups in total. The first-order chi connectivity index (χ1) is 11.6. The van der Waals surface area contributed by atoms with Gasteiger partial charge in [-0.15, -0.1) is 0 Å². The van der Waals surface area contributed by atoms with Crippen molar-refractivity contribution in [3.63, 3.8) is 0 Å². The van der Waals surface area contributed by atoms with Crippen LogP contribution in [-0.2, 0) is 10.0 Å². The van der Waals surface area contributed by atoms with Crippen molar-refractivity contribution in [2.75, 3.05) is 26.7 Å². The molecule has 0 aromatic heterocycles. The van der Waals surface area contributed by atoms with Crippen LogP contribution in [0.4, 0.5) is 4.39 Å². The van der Waals surface area contributed by atoms with Gasteiger partial charge in [0.05, 0.1) is 13.2 Å². The number of rotatable bonds is 4. The summed E-state index contributed by atoms with van der Waals surface area (Å²) in [6.07, 6.45) is 0. The average molecular weight is 350 g/mol. The molecule has 1 fully saturated rings. The highest BCUT2D eigenvalue weighted by molar-refractivity contribution is 7.89. The molecule has 5 nitrogen and oxygen atoms in total. The van der Waals surface area contributed by atoms with Crippen molar-refractivity contribution in [3.05, 3.63) is 59.9 Å². The van der Waals surface area contributed by atoms with Crippen molar-refractivity contribution in [1.82, 2.24) is 9.62 Å². The van der Waals surface area contributed by atoms with E-state index in [1.54, 1.807) is 13.2 Å². The number of benzene rings is 2. The Labute approximate surface area is 141 Å². The summed E-state index contributed by atoms with van der Waals surface area (Å²) in [6, 6.07) is 12.3. The van der Waals surface area contributed by atoms with Crippen LogP contribution in [0.3, 0.4) is 0 Å². The van der Waals surface area contributed by atoms with E-state index in [1.165, 1.54) is 22.5 Å². The number of nitrogens with one attached hydrogen (secondary N) is 1. The zero-order chi connectivity index (χ0) is 17.2. The lowest BCUT2D eigenvalue weighted by molar-refractivity contribution is 0.264. The highest BCUT2D eigenvalue weighted by Crippen LogP contribution is 2.34. The lowest BCUT2D eigenvalue weighted by Gasteiger charge is -2.36. The summed E-state index contributed by atoms with van der Waals surface area (Å²) >= 11 is 0. The van der Waals surface area contributed by atoms with Crippen LogP contribution in [0.5, 0.6) is 5.75 Å². The van der Waals surface area contributed by atoms with Crippen LogP contribution in [0.25, 0.3) is 0 Å². The fraction of sp³-hybridized carbons (Fsp3) is 0.294.